The molecule has 1 unspecified atom stereocenters. The van der Waals surface area contributed by atoms with Gasteiger partial charge >= 0.3 is 0 Å². The van der Waals surface area contributed by atoms with Gasteiger partial charge in [-0.2, -0.15) is 0 Å². The fourth-order valence-corrected chi connectivity index (χ4v) is 4.49. The van der Waals surface area contributed by atoms with Crippen molar-refractivity contribution in [3.63, 3.8) is 0 Å². The van der Waals surface area contributed by atoms with Crippen molar-refractivity contribution < 1.29 is 5.21 Å². The Morgan fingerprint density at radius 3 is 2.57 bits per heavy atom. The monoisotopic (exact) mass is 396 g/mol. The average Bonchev–Trinajstić information content (AvgIpc) is 2.85. The smallest absolute Gasteiger partial charge is 0.131 e. The van der Waals surface area contributed by atoms with Crippen LogP contribution in [0.1, 0.15) is 28.3 Å². The minimum absolute atomic E-state index is 0.0796. The highest BCUT2D eigenvalue weighted by Gasteiger charge is 2.30. The van der Waals surface area contributed by atoms with Gasteiger partial charge in [0.05, 0.1) is 24.3 Å². The molecule has 150 valence electrons. The lowest BCUT2D eigenvalue weighted by Gasteiger charge is -2.31. The first kappa shape index (κ1) is 18.5. The fourth-order valence-electron chi connectivity index (χ4n) is 4.49. The molecular weight excluding hydrogens is 372 g/mol. The summed E-state index contributed by atoms with van der Waals surface area (Å²) in [6, 6.07) is 16.5. The molecule has 5 heteroatoms. The minimum Gasteiger partial charge on any atom is -0.340 e. The number of aryl methyl sites for hydroxylation is 3. The molecule has 1 atom stereocenters. The second kappa shape index (κ2) is 7.04. The summed E-state index contributed by atoms with van der Waals surface area (Å²) in [5, 5.41) is 18.0. The quantitative estimate of drug-likeness (QED) is 0.576. The molecule has 0 amide bonds. The number of anilines is 2. The van der Waals surface area contributed by atoms with Crippen LogP contribution in [0.4, 0.5) is 11.4 Å². The van der Waals surface area contributed by atoms with Gasteiger partial charge in [0.1, 0.15) is 5.82 Å². The van der Waals surface area contributed by atoms with Gasteiger partial charge in [-0.3, -0.25) is 5.21 Å². The lowest BCUT2D eigenvalue weighted by Crippen LogP contribution is -2.30. The molecule has 2 aliphatic heterocycles. The molecule has 0 radical (unpaired) electrons. The van der Waals surface area contributed by atoms with E-state index in [2.05, 4.69) is 72.4 Å². The number of hydrogen-bond acceptors (Lipinski definition) is 5. The highest BCUT2D eigenvalue weighted by molar-refractivity contribution is 5.97. The van der Waals surface area contributed by atoms with Crippen LogP contribution in [0.5, 0.6) is 0 Å². The second-order valence-electron chi connectivity index (χ2n) is 7.94. The first-order valence-corrected chi connectivity index (χ1v) is 10.1. The van der Waals surface area contributed by atoms with E-state index in [0.29, 0.717) is 0 Å². The lowest BCUT2D eigenvalue weighted by molar-refractivity contribution is 0.295. The number of fused-ring (bicyclic) bond motifs is 5. The Morgan fingerprint density at radius 1 is 1.00 bits per heavy atom. The number of aliphatic imine (C=N–C) groups is 1. The number of hydroxylamine groups is 1. The zero-order valence-corrected chi connectivity index (χ0v) is 17.3. The summed E-state index contributed by atoms with van der Waals surface area (Å²) < 4.78 is 0. The number of benzene rings is 3. The van der Waals surface area contributed by atoms with Gasteiger partial charge in [-0.05, 0) is 43.4 Å². The van der Waals surface area contributed by atoms with Gasteiger partial charge in [0.25, 0.3) is 0 Å². The Kier molecular flexibility index (Phi) is 4.33. The van der Waals surface area contributed by atoms with Crippen molar-refractivity contribution in [2.24, 2.45) is 4.99 Å². The topological polar surface area (TPSA) is 51.1 Å². The van der Waals surface area contributed by atoms with Crippen LogP contribution in [0.25, 0.3) is 10.8 Å². The van der Waals surface area contributed by atoms with E-state index in [0.717, 1.165) is 44.7 Å². The molecule has 0 spiro atoms. The Bertz CT molecular complexity index is 1220. The summed E-state index contributed by atoms with van der Waals surface area (Å²) in [6.07, 6.45) is 7.40. The largest absolute Gasteiger partial charge is 0.340 e. The number of rotatable bonds is 2. The van der Waals surface area contributed by atoms with Crippen molar-refractivity contribution in [3.05, 3.63) is 95.1 Å². The number of nitrogens with zero attached hydrogens (tertiary/aromatic N) is 3. The zero-order valence-electron chi connectivity index (χ0n) is 17.3. The Balaban J connectivity index is 1.68. The van der Waals surface area contributed by atoms with E-state index in [-0.39, 0.29) is 6.04 Å². The van der Waals surface area contributed by atoms with Crippen molar-refractivity contribution in [3.8, 4) is 0 Å². The molecule has 0 saturated carbocycles. The zero-order chi connectivity index (χ0) is 20.8. The van der Waals surface area contributed by atoms with Crippen LogP contribution in [0.2, 0.25) is 0 Å². The van der Waals surface area contributed by atoms with Crippen molar-refractivity contribution in [2.45, 2.75) is 26.8 Å². The van der Waals surface area contributed by atoms with Crippen LogP contribution in [0.3, 0.4) is 0 Å². The maximum absolute atomic E-state index is 11.1. The van der Waals surface area contributed by atoms with Crippen LogP contribution in [0, 0.1) is 20.8 Å². The van der Waals surface area contributed by atoms with Gasteiger partial charge in [0.2, 0.25) is 0 Å². The van der Waals surface area contributed by atoms with Gasteiger partial charge in [-0.15, -0.1) is 0 Å². The van der Waals surface area contributed by atoms with Crippen LogP contribution >= 0.6 is 0 Å². The predicted molar refractivity (Wildman–Crippen MR) is 123 cm³/mol. The molecule has 2 heterocycles. The Hall–Kier alpha value is -3.57. The summed E-state index contributed by atoms with van der Waals surface area (Å²) in [5.41, 5.74) is 6.39. The van der Waals surface area contributed by atoms with Gasteiger partial charge in [-0.25, -0.2) is 10.1 Å². The summed E-state index contributed by atoms with van der Waals surface area (Å²) in [4.78, 5) is 6.41. The summed E-state index contributed by atoms with van der Waals surface area (Å²) in [6.45, 7) is 6.30. The van der Waals surface area contributed by atoms with Crippen molar-refractivity contribution in [1.82, 2.24) is 4.90 Å². The van der Waals surface area contributed by atoms with E-state index in [1.807, 2.05) is 24.4 Å². The van der Waals surface area contributed by atoms with E-state index in [9.17, 15) is 5.21 Å². The highest BCUT2D eigenvalue weighted by Crippen LogP contribution is 2.41. The molecule has 0 saturated heterocycles. The fraction of sp³-hybridized carbons (Fsp3) is 0.160. The third-order valence-corrected chi connectivity index (χ3v) is 5.78. The molecular formula is C25H24N4O. The average molecular weight is 396 g/mol. The molecule has 5 rings (SSSR count). The molecule has 2 N–H and O–H groups in total. The van der Waals surface area contributed by atoms with Crippen LogP contribution in [0.15, 0.2) is 77.8 Å². The van der Waals surface area contributed by atoms with Crippen LogP contribution in [-0.2, 0) is 0 Å². The molecule has 0 aliphatic carbocycles. The molecule has 5 nitrogen and oxygen atoms in total. The first-order valence-electron chi connectivity index (χ1n) is 10.1. The third kappa shape index (κ3) is 2.95. The van der Waals surface area contributed by atoms with E-state index in [1.165, 1.54) is 10.6 Å². The van der Waals surface area contributed by atoms with E-state index >= 15 is 0 Å². The maximum Gasteiger partial charge on any atom is 0.131 e. The van der Waals surface area contributed by atoms with Crippen molar-refractivity contribution in [2.75, 3.05) is 10.4 Å². The van der Waals surface area contributed by atoms with Gasteiger partial charge in [0.15, 0.2) is 0 Å². The Labute approximate surface area is 176 Å². The van der Waals surface area contributed by atoms with E-state index in [4.69, 9.17) is 0 Å². The molecule has 30 heavy (non-hydrogen) atoms. The summed E-state index contributed by atoms with van der Waals surface area (Å²) >= 11 is 0. The lowest BCUT2D eigenvalue weighted by atomic mass is 9.97. The summed E-state index contributed by atoms with van der Waals surface area (Å²) in [5.74, 6) is 0.755. The van der Waals surface area contributed by atoms with Gasteiger partial charge in [-0.1, -0.05) is 54.1 Å². The van der Waals surface area contributed by atoms with Crippen molar-refractivity contribution in [1.29, 1.82) is 0 Å². The second-order valence-corrected chi connectivity index (χ2v) is 7.94. The van der Waals surface area contributed by atoms with Crippen molar-refractivity contribution >= 4 is 28.5 Å². The molecule has 0 aromatic heterocycles. The molecule has 0 fully saturated rings. The van der Waals surface area contributed by atoms with Gasteiger partial charge in [0, 0.05) is 22.8 Å². The Morgan fingerprint density at radius 2 is 1.77 bits per heavy atom. The SMILES string of the molecule is Cc1cc(C)c(NC2=CN(O)c3c(ccc4ccccc34)C3C=CN=CN23)c(C)c1. The van der Waals surface area contributed by atoms with Crippen LogP contribution < -0.4 is 10.4 Å². The molecule has 0 bridgehead atoms. The van der Waals surface area contributed by atoms with Crippen LogP contribution in [-0.4, -0.2) is 16.4 Å². The minimum atomic E-state index is -0.0796. The standard InChI is InChI=1S/C25H24N4O/c1-16-12-17(2)24(18(3)13-16)27-23-14-29(30)25-20-7-5-4-6-19(20)8-9-21(25)22-10-11-26-15-28(22)23/h4-15,22,27,30H,1-3H3. The maximum atomic E-state index is 11.1. The molecule has 3 aromatic rings. The first-order chi connectivity index (χ1) is 14.5. The predicted octanol–water partition coefficient (Wildman–Crippen LogP) is 5.78. The summed E-state index contributed by atoms with van der Waals surface area (Å²) in [7, 11) is 0. The normalized spacial score (nSPS) is 17.5. The van der Waals surface area contributed by atoms with E-state index < -0.39 is 0 Å². The molecule has 2 aliphatic rings. The van der Waals surface area contributed by atoms with E-state index in [1.54, 1.807) is 12.5 Å². The molecule has 3 aromatic carbocycles. The number of nitrogens with one attached hydrogen (secondary N) is 1. The number of hydrogen-bond donors (Lipinski definition) is 2. The third-order valence-electron chi connectivity index (χ3n) is 5.78. The van der Waals surface area contributed by atoms with Gasteiger partial charge < -0.3 is 10.2 Å². The highest BCUT2D eigenvalue weighted by atomic mass is 16.5.